The summed E-state index contributed by atoms with van der Waals surface area (Å²) in [6.45, 7) is 2.58. The van der Waals surface area contributed by atoms with Crippen LogP contribution in [0.15, 0.2) is 23.3 Å². The van der Waals surface area contributed by atoms with Crippen molar-refractivity contribution in [3.63, 3.8) is 0 Å². The average Bonchev–Trinajstić information content (AvgIpc) is 2.80. The molecule has 3 amide bonds. The predicted molar refractivity (Wildman–Crippen MR) is 92.4 cm³/mol. The molecule has 0 radical (unpaired) electrons. The molecule has 134 valence electrons. The van der Waals surface area contributed by atoms with E-state index in [2.05, 4.69) is 22.8 Å². The van der Waals surface area contributed by atoms with Gasteiger partial charge in [0.25, 0.3) is 0 Å². The molecule has 0 aromatic heterocycles. The summed E-state index contributed by atoms with van der Waals surface area (Å²) in [5, 5.41) is 5.78. The van der Waals surface area contributed by atoms with E-state index in [4.69, 9.17) is 0 Å². The fourth-order valence-corrected chi connectivity index (χ4v) is 4.67. The van der Waals surface area contributed by atoms with Crippen LogP contribution in [0, 0.1) is 11.8 Å². The minimum atomic E-state index is -0.497. The van der Waals surface area contributed by atoms with E-state index in [1.54, 1.807) is 4.90 Å². The van der Waals surface area contributed by atoms with E-state index in [1.807, 2.05) is 0 Å². The van der Waals surface area contributed by atoms with Crippen molar-refractivity contribution in [1.82, 2.24) is 15.5 Å². The summed E-state index contributed by atoms with van der Waals surface area (Å²) in [6, 6.07) is -0.497. The molecule has 3 saturated heterocycles. The van der Waals surface area contributed by atoms with E-state index in [9.17, 15) is 14.4 Å². The van der Waals surface area contributed by atoms with E-state index in [0.29, 0.717) is 25.3 Å². The van der Waals surface area contributed by atoms with Gasteiger partial charge in [0.2, 0.25) is 17.7 Å². The van der Waals surface area contributed by atoms with Crippen LogP contribution in [0.1, 0.15) is 38.5 Å². The van der Waals surface area contributed by atoms with E-state index < -0.39 is 6.04 Å². The normalized spacial score (nSPS) is 31.2. The quantitative estimate of drug-likeness (QED) is 0.730. The molecule has 6 heteroatoms. The van der Waals surface area contributed by atoms with E-state index in [0.717, 1.165) is 38.8 Å². The third kappa shape index (κ3) is 3.03. The van der Waals surface area contributed by atoms with Crippen molar-refractivity contribution < 1.29 is 14.4 Å². The number of likely N-dealkylation sites (tertiary alicyclic amines) is 1. The van der Waals surface area contributed by atoms with Crippen LogP contribution in [-0.4, -0.2) is 48.3 Å². The van der Waals surface area contributed by atoms with Crippen LogP contribution in [0.2, 0.25) is 0 Å². The molecule has 0 bridgehead atoms. The Balaban J connectivity index is 1.63. The van der Waals surface area contributed by atoms with E-state index in [-0.39, 0.29) is 23.6 Å². The molecule has 4 rings (SSSR count). The summed E-state index contributed by atoms with van der Waals surface area (Å²) in [5.74, 6) is -0.0761. The van der Waals surface area contributed by atoms with Gasteiger partial charge in [-0.25, -0.2) is 0 Å². The van der Waals surface area contributed by atoms with Crippen LogP contribution in [0.5, 0.6) is 0 Å². The molecule has 3 fully saturated rings. The Morgan fingerprint density at radius 2 is 1.84 bits per heavy atom. The fourth-order valence-electron chi connectivity index (χ4n) is 4.67. The number of carbonyl (C=O) groups excluding carboxylic acids is 3. The maximum absolute atomic E-state index is 13.0. The van der Waals surface area contributed by atoms with Gasteiger partial charge in [-0.3, -0.25) is 19.7 Å². The van der Waals surface area contributed by atoms with Crippen molar-refractivity contribution in [3.05, 3.63) is 23.3 Å². The van der Waals surface area contributed by atoms with E-state index >= 15 is 0 Å². The van der Waals surface area contributed by atoms with Crippen molar-refractivity contribution in [2.75, 3.05) is 19.6 Å². The second kappa shape index (κ2) is 6.75. The number of amides is 3. The van der Waals surface area contributed by atoms with Gasteiger partial charge >= 0.3 is 0 Å². The SMILES string of the molecule is O=C1CCC(N2CC3=C(C4CCNCC4)C=CCCC3C2=O)C(=O)N1. The number of rotatable bonds is 2. The van der Waals surface area contributed by atoms with E-state index in [1.165, 1.54) is 11.1 Å². The molecule has 3 heterocycles. The first-order chi connectivity index (χ1) is 12.1. The lowest BCUT2D eigenvalue weighted by atomic mass is 9.84. The van der Waals surface area contributed by atoms with Crippen LogP contribution < -0.4 is 10.6 Å². The summed E-state index contributed by atoms with van der Waals surface area (Å²) >= 11 is 0. The second-order valence-corrected chi connectivity index (χ2v) is 7.47. The first kappa shape index (κ1) is 16.5. The molecular formula is C19H25N3O3. The lowest BCUT2D eigenvalue weighted by Gasteiger charge is -2.30. The summed E-state index contributed by atoms with van der Waals surface area (Å²) in [7, 11) is 0. The molecule has 0 spiro atoms. The number of hydrogen-bond acceptors (Lipinski definition) is 4. The monoisotopic (exact) mass is 343 g/mol. The molecule has 0 saturated carbocycles. The van der Waals surface area contributed by atoms with Gasteiger partial charge in [0.15, 0.2) is 0 Å². The van der Waals surface area contributed by atoms with Crippen LogP contribution in [0.25, 0.3) is 0 Å². The lowest BCUT2D eigenvalue weighted by Crippen LogP contribution is -2.53. The van der Waals surface area contributed by atoms with Crippen LogP contribution in [-0.2, 0) is 14.4 Å². The smallest absolute Gasteiger partial charge is 0.249 e. The topological polar surface area (TPSA) is 78.5 Å². The van der Waals surface area contributed by atoms with Crippen molar-refractivity contribution in [1.29, 1.82) is 0 Å². The number of piperidine rings is 2. The van der Waals surface area contributed by atoms with Crippen LogP contribution >= 0.6 is 0 Å². The Morgan fingerprint density at radius 1 is 1.04 bits per heavy atom. The molecule has 2 atom stereocenters. The minimum absolute atomic E-state index is 0.0691. The maximum atomic E-state index is 13.0. The zero-order chi connectivity index (χ0) is 17.4. The van der Waals surface area contributed by atoms with Crippen molar-refractivity contribution >= 4 is 17.7 Å². The van der Waals surface area contributed by atoms with Gasteiger partial charge in [0.1, 0.15) is 6.04 Å². The number of hydrogen-bond donors (Lipinski definition) is 2. The minimum Gasteiger partial charge on any atom is -0.326 e. The molecule has 2 unspecified atom stereocenters. The van der Waals surface area contributed by atoms with Crippen molar-refractivity contribution in [2.45, 2.75) is 44.6 Å². The van der Waals surface area contributed by atoms with Gasteiger partial charge in [-0.15, -0.1) is 0 Å². The average molecular weight is 343 g/mol. The molecule has 4 aliphatic rings. The third-order valence-corrected chi connectivity index (χ3v) is 6.00. The van der Waals surface area contributed by atoms with Crippen molar-refractivity contribution in [3.8, 4) is 0 Å². The van der Waals surface area contributed by atoms with Gasteiger partial charge in [-0.1, -0.05) is 12.2 Å². The molecular weight excluding hydrogens is 318 g/mol. The van der Waals surface area contributed by atoms with Gasteiger partial charge in [-0.2, -0.15) is 0 Å². The highest BCUT2D eigenvalue weighted by Crippen LogP contribution is 2.39. The maximum Gasteiger partial charge on any atom is 0.249 e. The molecule has 25 heavy (non-hydrogen) atoms. The Labute approximate surface area is 147 Å². The lowest BCUT2D eigenvalue weighted by molar-refractivity contribution is -0.144. The zero-order valence-corrected chi connectivity index (χ0v) is 14.4. The second-order valence-electron chi connectivity index (χ2n) is 7.47. The number of nitrogens with zero attached hydrogens (tertiary/aromatic N) is 1. The number of allylic oxidation sites excluding steroid dienone is 3. The first-order valence-electron chi connectivity index (χ1n) is 9.39. The van der Waals surface area contributed by atoms with Crippen LogP contribution in [0.3, 0.4) is 0 Å². The van der Waals surface area contributed by atoms with Gasteiger partial charge in [-0.05, 0) is 62.3 Å². The number of nitrogens with one attached hydrogen (secondary N) is 2. The highest BCUT2D eigenvalue weighted by molar-refractivity contribution is 6.02. The number of carbonyl (C=O) groups is 3. The molecule has 0 aromatic rings. The largest absolute Gasteiger partial charge is 0.326 e. The Hall–Kier alpha value is -1.95. The van der Waals surface area contributed by atoms with Gasteiger partial charge in [0.05, 0.1) is 5.92 Å². The molecule has 2 N–H and O–H groups in total. The Bertz CT molecular complexity index is 661. The summed E-state index contributed by atoms with van der Waals surface area (Å²) in [6.07, 6.45) is 9.10. The zero-order valence-electron chi connectivity index (χ0n) is 14.4. The molecule has 1 aliphatic carbocycles. The molecule has 3 aliphatic heterocycles. The standard InChI is InChI=1S/C19H25N3O3/c23-17-6-5-16(18(24)21-17)22-11-15-13(12-7-9-20-10-8-12)3-1-2-4-14(15)19(22)25/h1,3,12,14,16,20H,2,4-11H2,(H,21,23,24). The molecule has 6 nitrogen and oxygen atoms in total. The predicted octanol–water partition coefficient (Wildman–Crippen LogP) is 0.896. The number of fused-ring (bicyclic) bond motifs is 1. The fraction of sp³-hybridized carbons (Fsp3) is 0.632. The molecule has 0 aromatic carbocycles. The third-order valence-electron chi connectivity index (χ3n) is 6.00. The first-order valence-corrected chi connectivity index (χ1v) is 9.39. The van der Waals surface area contributed by atoms with Crippen LogP contribution in [0.4, 0.5) is 0 Å². The Morgan fingerprint density at radius 3 is 2.60 bits per heavy atom. The summed E-state index contributed by atoms with van der Waals surface area (Å²) in [4.78, 5) is 38.4. The van der Waals surface area contributed by atoms with Crippen molar-refractivity contribution in [2.24, 2.45) is 11.8 Å². The van der Waals surface area contributed by atoms with Gasteiger partial charge in [0, 0.05) is 13.0 Å². The summed E-state index contributed by atoms with van der Waals surface area (Å²) < 4.78 is 0. The summed E-state index contributed by atoms with van der Waals surface area (Å²) in [5.41, 5.74) is 2.54. The Kier molecular flexibility index (Phi) is 4.46. The highest BCUT2D eigenvalue weighted by Gasteiger charge is 2.44. The van der Waals surface area contributed by atoms with Gasteiger partial charge < -0.3 is 10.2 Å². The number of imide groups is 1. The highest BCUT2D eigenvalue weighted by atomic mass is 16.2.